The molecule has 2 aromatic rings. The van der Waals surface area contributed by atoms with Crippen molar-refractivity contribution in [2.75, 3.05) is 26.2 Å². The zero-order valence-electron chi connectivity index (χ0n) is 13.1. The van der Waals surface area contributed by atoms with Crippen molar-refractivity contribution in [1.29, 1.82) is 0 Å². The lowest BCUT2D eigenvalue weighted by molar-refractivity contribution is 0.0947. The fraction of sp³-hybridized carbons (Fsp3) is 0.529. The Hall–Kier alpha value is -1.88. The Morgan fingerprint density at radius 3 is 2.95 bits per heavy atom. The number of rotatable bonds is 5. The molecule has 0 spiro atoms. The average molecular weight is 300 g/mol. The second-order valence-corrected chi connectivity index (χ2v) is 6.25. The van der Waals surface area contributed by atoms with Crippen LogP contribution in [-0.2, 0) is 0 Å². The Morgan fingerprint density at radius 2 is 2.14 bits per heavy atom. The van der Waals surface area contributed by atoms with Gasteiger partial charge in [-0.05, 0) is 50.9 Å². The van der Waals surface area contributed by atoms with E-state index in [0.29, 0.717) is 12.2 Å². The molecule has 0 saturated carbocycles. The smallest absolute Gasteiger partial charge is 0.272 e. The van der Waals surface area contributed by atoms with Crippen LogP contribution in [0.2, 0.25) is 0 Å². The van der Waals surface area contributed by atoms with E-state index in [1.54, 1.807) is 0 Å². The van der Waals surface area contributed by atoms with Gasteiger partial charge in [0, 0.05) is 11.9 Å². The number of fused-ring (bicyclic) bond motifs is 1. The lowest BCUT2D eigenvalue weighted by Crippen LogP contribution is -2.35. The van der Waals surface area contributed by atoms with Crippen LogP contribution in [0.5, 0.6) is 0 Å². The van der Waals surface area contributed by atoms with Gasteiger partial charge in [-0.1, -0.05) is 25.1 Å². The van der Waals surface area contributed by atoms with Crippen LogP contribution in [0.25, 0.3) is 10.9 Å². The Labute approximate surface area is 131 Å². The fourth-order valence-electron chi connectivity index (χ4n) is 3.01. The topological polar surface area (TPSA) is 61.0 Å². The molecule has 0 unspecified atom stereocenters. The Bertz CT molecular complexity index is 628. The number of carbonyl (C=O) groups is 1. The summed E-state index contributed by atoms with van der Waals surface area (Å²) in [7, 11) is 0. The van der Waals surface area contributed by atoms with Crippen LogP contribution in [-0.4, -0.2) is 47.2 Å². The fourth-order valence-corrected chi connectivity index (χ4v) is 3.01. The van der Waals surface area contributed by atoms with Crippen LogP contribution in [0.1, 0.15) is 36.7 Å². The molecule has 0 bridgehead atoms. The van der Waals surface area contributed by atoms with Crippen molar-refractivity contribution in [3.05, 3.63) is 30.0 Å². The minimum atomic E-state index is -0.0929. The van der Waals surface area contributed by atoms with Crippen molar-refractivity contribution in [3.8, 4) is 0 Å². The highest BCUT2D eigenvalue weighted by atomic mass is 16.1. The molecule has 0 atom stereocenters. The van der Waals surface area contributed by atoms with Crippen LogP contribution >= 0.6 is 0 Å². The molecule has 2 heterocycles. The van der Waals surface area contributed by atoms with E-state index in [2.05, 4.69) is 27.3 Å². The summed E-state index contributed by atoms with van der Waals surface area (Å²) in [5.41, 5.74) is 1.39. The molecular formula is C17H24N4O. The third-order valence-corrected chi connectivity index (χ3v) is 4.50. The molecule has 1 amide bonds. The van der Waals surface area contributed by atoms with Gasteiger partial charge in [0.05, 0.1) is 5.52 Å². The molecule has 2 N–H and O–H groups in total. The molecule has 0 radical (unpaired) electrons. The lowest BCUT2D eigenvalue weighted by atomic mass is 9.99. The van der Waals surface area contributed by atoms with E-state index >= 15 is 0 Å². The third kappa shape index (κ3) is 3.47. The van der Waals surface area contributed by atoms with Crippen LogP contribution < -0.4 is 5.32 Å². The molecule has 118 valence electrons. The quantitative estimate of drug-likeness (QED) is 0.834. The number of H-pyrrole nitrogens is 1. The molecule has 5 heteroatoms. The molecule has 5 nitrogen and oxygen atoms in total. The van der Waals surface area contributed by atoms with Gasteiger partial charge < -0.3 is 10.2 Å². The van der Waals surface area contributed by atoms with E-state index in [1.165, 1.54) is 25.9 Å². The highest BCUT2D eigenvalue weighted by Gasteiger charge is 2.16. The number of piperidine rings is 1. The van der Waals surface area contributed by atoms with E-state index in [4.69, 9.17) is 0 Å². The minimum Gasteiger partial charge on any atom is -0.351 e. The summed E-state index contributed by atoms with van der Waals surface area (Å²) in [6, 6.07) is 7.70. The number of hydrogen-bond acceptors (Lipinski definition) is 3. The van der Waals surface area contributed by atoms with E-state index in [-0.39, 0.29) is 5.91 Å². The summed E-state index contributed by atoms with van der Waals surface area (Å²) in [6.45, 7) is 6.48. The standard InChI is InChI=1S/C17H24N4O/c1-13-7-11-21(12-8-13)10-4-9-18-17(22)16-14-5-2-3-6-15(14)19-20-16/h2-3,5-6,13H,4,7-12H2,1H3,(H,18,22)(H,19,20). The van der Waals surface area contributed by atoms with E-state index in [9.17, 15) is 4.79 Å². The third-order valence-electron chi connectivity index (χ3n) is 4.50. The molecule has 22 heavy (non-hydrogen) atoms. The largest absolute Gasteiger partial charge is 0.351 e. The highest BCUT2D eigenvalue weighted by Crippen LogP contribution is 2.16. The van der Waals surface area contributed by atoms with Crippen molar-refractivity contribution in [3.63, 3.8) is 0 Å². The number of amides is 1. The Balaban J connectivity index is 1.45. The molecule has 1 aromatic heterocycles. The minimum absolute atomic E-state index is 0.0929. The molecule has 1 saturated heterocycles. The maximum Gasteiger partial charge on any atom is 0.272 e. The number of aromatic amines is 1. The lowest BCUT2D eigenvalue weighted by Gasteiger charge is -2.30. The normalized spacial score (nSPS) is 17.0. The average Bonchev–Trinajstić information content (AvgIpc) is 2.97. The number of hydrogen-bond donors (Lipinski definition) is 2. The second kappa shape index (κ2) is 6.92. The SMILES string of the molecule is CC1CCN(CCCNC(=O)c2n[nH]c3ccccc23)CC1. The molecule has 1 fully saturated rings. The molecule has 3 rings (SSSR count). The van der Waals surface area contributed by atoms with Gasteiger partial charge in [-0.2, -0.15) is 5.10 Å². The van der Waals surface area contributed by atoms with E-state index in [1.807, 2.05) is 24.3 Å². The summed E-state index contributed by atoms with van der Waals surface area (Å²) in [6.07, 6.45) is 3.58. The number of benzene rings is 1. The van der Waals surface area contributed by atoms with Gasteiger partial charge in [0.1, 0.15) is 0 Å². The summed E-state index contributed by atoms with van der Waals surface area (Å²) in [5.74, 6) is 0.772. The first kappa shape index (κ1) is 15.0. The maximum absolute atomic E-state index is 12.2. The van der Waals surface area contributed by atoms with E-state index < -0.39 is 0 Å². The van der Waals surface area contributed by atoms with Crippen molar-refractivity contribution >= 4 is 16.8 Å². The zero-order chi connectivity index (χ0) is 15.4. The van der Waals surface area contributed by atoms with Gasteiger partial charge in [-0.3, -0.25) is 9.89 Å². The van der Waals surface area contributed by atoms with Crippen molar-refractivity contribution in [2.24, 2.45) is 5.92 Å². The first-order valence-corrected chi connectivity index (χ1v) is 8.17. The summed E-state index contributed by atoms with van der Waals surface area (Å²) in [4.78, 5) is 14.7. The molecule has 0 aliphatic carbocycles. The zero-order valence-corrected chi connectivity index (χ0v) is 13.1. The molecule has 1 aromatic carbocycles. The van der Waals surface area contributed by atoms with Crippen LogP contribution in [0.15, 0.2) is 24.3 Å². The van der Waals surface area contributed by atoms with Crippen LogP contribution in [0.4, 0.5) is 0 Å². The number of nitrogens with zero attached hydrogens (tertiary/aromatic N) is 2. The first-order chi connectivity index (χ1) is 10.7. The van der Waals surface area contributed by atoms with E-state index in [0.717, 1.165) is 29.8 Å². The molecular weight excluding hydrogens is 276 g/mol. The van der Waals surface area contributed by atoms with Crippen molar-refractivity contribution in [1.82, 2.24) is 20.4 Å². The summed E-state index contributed by atoms with van der Waals surface area (Å²) in [5, 5.41) is 10.9. The van der Waals surface area contributed by atoms with Gasteiger partial charge in [0.25, 0.3) is 5.91 Å². The number of carbonyl (C=O) groups excluding carboxylic acids is 1. The van der Waals surface area contributed by atoms with Gasteiger partial charge in [-0.25, -0.2) is 0 Å². The van der Waals surface area contributed by atoms with Crippen LogP contribution in [0, 0.1) is 5.92 Å². The Kier molecular flexibility index (Phi) is 4.73. The molecule has 1 aliphatic heterocycles. The number of nitrogens with one attached hydrogen (secondary N) is 2. The Morgan fingerprint density at radius 1 is 1.36 bits per heavy atom. The predicted octanol–water partition coefficient (Wildman–Crippen LogP) is 2.41. The number of para-hydroxylation sites is 1. The van der Waals surface area contributed by atoms with Crippen molar-refractivity contribution in [2.45, 2.75) is 26.2 Å². The monoisotopic (exact) mass is 300 g/mol. The van der Waals surface area contributed by atoms with Crippen molar-refractivity contribution < 1.29 is 4.79 Å². The van der Waals surface area contributed by atoms with Gasteiger partial charge in [-0.15, -0.1) is 0 Å². The predicted molar refractivity (Wildman–Crippen MR) is 87.9 cm³/mol. The highest BCUT2D eigenvalue weighted by molar-refractivity contribution is 6.04. The van der Waals surface area contributed by atoms with Gasteiger partial charge in [0.15, 0.2) is 5.69 Å². The van der Waals surface area contributed by atoms with Crippen LogP contribution in [0.3, 0.4) is 0 Å². The maximum atomic E-state index is 12.2. The summed E-state index contributed by atoms with van der Waals surface area (Å²) < 4.78 is 0. The second-order valence-electron chi connectivity index (χ2n) is 6.25. The van der Waals surface area contributed by atoms with Gasteiger partial charge in [0.2, 0.25) is 0 Å². The van der Waals surface area contributed by atoms with Gasteiger partial charge >= 0.3 is 0 Å². The number of likely N-dealkylation sites (tertiary alicyclic amines) is 1. The number of aromatic nitrogens is 2. The summed E-state index contributed by atoms with van der Waals surface area (Å²) >= 11 is 0. The first-order valence-electron chi connectivity index (χ1n) is 8.17. The molecule has 1 aliphatic rings.